The topological polar surface area (TPSA) is 72.6 Å². The van der Waals surface area contributed by atoms with Gasteiger partial charge in [0, 0.05) is 18.7 Å². The maximum Gasteiger partial charge on any atom is 0.410 e. The van der Waals surface area contributed by atoms with E-state index in [2.05, 4.69) is 6.07 Å². The van der Waals surface area contributed by atoms with E-state index in [1.165, 1.54) is 0 Å². The van der Waals surface area contributed by atoms with Gasteiger partial charge in [-0.15, -0.1) is 0 Å². The fourth-order valence-electron chi connectivity index (χ4n) is 2.91. The number of amides is 2. The molecule has 5 heteroatoms. The van der Waals surface area contributed by atoms with E-state index < -0.39 is 11.5 Å². The van der Waals surface area contributed by atoms with E-state index in [0.29, 0.717) is 24.6 Å². The van der Waals surface area contributed by atoms with Crippen LogP contribution >= 0.6 is 0 Å². The first kappa shape index (κ1) is 17.3. The fraction of sp³-hybridized carbons (Fsp3) is 0.556. The van der Waals surface area contributed by atoms with Crippen LogP contribution in [0.25, 0.3) is 0 Å². The number of nitrogens with two attached hydrogens (primary N) is 1. The molecule has 1 fully saturated rings. The number of carbonyl (C=O) groups is 2. The number of likely N-dealkylation sites (tertiary alicyclic amines) is 1. The van der Waals surface area contributed by atoms with E-state index in [1.54, 1.807) is 4.90 Å². The van der Waals surface area contributed by atoms with Crippen molar-refractivity contribution in [2.75, 3.05) is 13.1 Å². The normalized spacial score (nSPS) is 16.3. The molecule has 0 aromatic heterocycles. The molecule has 23 heavy (non-hydrogen) atoms. The SMILES string of the molecule is Cc1cc(C(N)=O)cc(C2CCN(C(=O)OC(C)(C)C)CC2)c1. The predicted molar refractivity (Wildman–Crippen MR) is 89.5 cm³/mol. The van der Waals surface area contributed by atoms with Gasteiger partial charge in [0.2, 0.25) is 5.91 Å². The van der Waals surface area contributed by atoms with Crippen molar-refractivity contribution in [3.8, 4) is 0 Å². The summed E-state index contributed by atoms with van der Waals surface area (Å²) in [6.07, 6.45) is 1.47. The number of piperidine rings is 1. The maximum absolute atomic E-state index is 12.1. The summed E-state index contributed by atoms with van der Waals surface area (Å²) < 4.78 is 5.41. The molecule has 2 rings (SSSR count). The van der Waals surface area contributed by atoms with Crippen LogP contribution in [0.15, 0.2) is 18.2 Å². The molecule has 1 aromatic carbocycles. The van der Waals surface area contributed by atoms with Gasteiger partial charge in [-0.25, -0.2) is 4.79 Å². The third kappa shape index (κ3) is 4.71. The van der Waals surface area contributed by atoms with Crippen LogP contribution in [0.1, 0.15) is 61.0 Å². The smallest absolute Gasteiger partial charge is 0.410 e. The number of hydrogen-bond donors (Lipinski definition) is 1. The van der Waals surface area contributed by atoms with Crippen LogP contribution < -0.4 is 5.73 Å². The highest BCUT2D eigenvalue weighted by Gasteiger charge is 2.27. The number of aryl methyl sites for hydroxylation is 1. The van der Waals surface area contributed by atoms with Crippen LogP contribution in [0.4, 0.5) is 4.79 Å². The molecule has 0 unspecified atom stereocenters. The lowest BCUT2D eigenvalue weighted by atomic mass is 9.87. The summed E-state index contributed by atoms with van der Waals surface area (Å²) in [5.74, 6) is -0.0622. The van der Waals surface area contributed by atoms with Crippen molar-refractivity contribution in [1.29, 1.82) is 0 Å². The van der Waals surface area contributed by atoms with Gasteiger partial charge in [0.25, 0.3) is 0 Å². The Morgan fingerprint density at radius 3 is 2.30 bits per heavy atom. The average molecular weight is 318 g/mol. The minimum absolute atomic E-state index is 0.252. The van der Waals surface area contributed by atoms with Gasteiger partial charge in [-0.2, -0.15) is 0 Å². The summed E-state index contributed by atoms with van der Waals surface area (Å²) in [5, 5.41) is 0. The molecule has 2 amide bonds. The molecule has 1 heterocycles. The molecule has 126 valence electrons. The highest BCUT2D eigenvalue weighted by atomic mass is 16.6. The summed E-state index contributed by atoms with van der Waals surface area (Å²) in [5.41, 5.74) is 7.63. The van der Waals surface area contributed by atoms with Crippen LogP contribution in [-0.2, 0) is 4.74 Å². The van der Waals surface area contributed by atoms with Crippen molar-refractivity contribution in [2.45, 2.75) is 52.1 Å². The minimum Gasteiger partial charge on any atom is -0.444 e. The molecule has 1 aromatic rings. The predicted octanol–water partition coefficient (Wildman–Crippen LogP) is 3.21. The molecule has 0 aliphatic carbocycles. The average Bonchev–Trinajstić information content (AvgIpc) is 2.45. The second-order valence-electron chi connectivity index (χ2n) is 7.24. The lowest BCUT2D eigenvalue weighted by Crippen LogP contribution is -2.41. The summed E-state index contributed by atoms with van der Waals surface area (Å²) in [6.45, 7) is 8.91. The highest BCUT2D eigenvalue weighted by Crippen LogP contribution is 2.30. The number of carbonyl (C=O) groups excluding carboxylic acids is 2. The van der Waals surface area contributed by atoms with E-state index in [4.69, 9.17) is 10.5 Å². The lowest BCUT2D eigenvalue weighted by molar-refractivity contribution is 0.0205. The van der Waals surface area contributed by atoms with Crippen molar-refractivity contribution in [3.05, 3.63) is 34.9 Å². The Labute approximate surface area is 137 Å². The zero-order valence-electron chi connectivity index (χ0n) is 14.4. The molecule has 0 atom stereocenters. The van der Waals surface area contributed by atoms with Gasteiger partial charge in [-0.05, 0) is 64.2 Å². The molecular weight excluding hydrogens is 292 g/mol. The summed E-state index contributed by atoms with van der Waals surface area (Å²) in [4.78, 5) is 25.3. The number of nitrogens with zero attached hydrogens (tertiary/aromatic N) is 1. The quantitative estimate of drug-likeness (QED) is 0.910. The van der Waals surface area contributed by atoms with E-state index >= 15 is 0 Å². The number of hydrogen-bond acceptors (Lipinski definition) is 3. The summed E-state index contributed by atoms with van der Waals surface area (Å²) >= 11 is 0. The van der Waals surface area contributed by atoms with Gasteiger partial charge < -0.3 is 15.4 Å². The number of rotatable bonds is 2. The highest BCUT2D eigenvalue weighted by molar-refractivity contribution is 5.93. The molecule has 2 N–H and O–H groups in total. The second-order valence-corrected chi connectivity index (χ2v) is 7.24. The largest absolute Gasteiger partial charge is 0.444 e. The Hall–Kier alpha value is -2.04. The van der Waals surface area contributed by atoms with Gasteiger partial charge >= 0.3 is 6.09 Å². The second kappa shape index (κ2) is 6.60. The summed E-state index contributed by atoms with van der Waals surface area (Å²) in [7, 11) is 0. The zero-order chi connectivity index (χ0) is 17.2. The van der Waals surface area contributed by atoms with Crippen molar-refractivity contribution in [1.82, 2.24) is 4.90 Å². The molecule has 0 spiro atoms. The Balaban J connectivity index is 2.02. The van der Waals surface area contributed by atoms with Crippen molar-refractivity contribution in [3.63, 3.8) is 0 Å². The van der Waals surface area contributed by atoms with Gasteiger partial charge in [0.1, 0.15) is 5.60 Å². The summed E-state index contributed by atoms with van der Waals surface area (Å²) in [6, 6.07) is 5.78. The first-order valence-corrected chi connectivity index (χ1v) is 8.05. The Kier molecular flexibility index (Phi) is 4.97. The van der Waals surface area contributed by atoms with Crippen LogP contribution in [0.2, 0.25) is 0 Å². The maximum atomic E-state index is 12.1. The van der Waals surface area contributed by atoms with E-state index in [1.807, 2.05) is 39.8 Å². The number of benzene rings is 1. The molecule has 0 bridgehead atoms. The monoisotopic (exact) mass is 318 g/mol. The molecule has 5 nitrogen and oxygen atoms in total. The van der Waals surface area contributed by atoms with E-state index in [9.17, 15) is 9.59 Å². The fourth-order valence-corrected chi connectivity index (χ4v) is 2.91. The lowest BCUT2D eigenvalue weighted by Gasteiger charge is -2.33. The first-order valence-electron chi connectivity index (χ1n) is 8.05. The molecular formula is C18H26N2O3. The Bertz CT molecular complexity index is 597. The van der Waals surface area contributed by atoms with Crippen molar-refractivity contribution in [2.24, 2.45) is 5.73 Å². The molecule has 1 aliphatic heterocycles. The number of ether oxygens (including phenoxy) is 1. The first-order chi connectivity index (χ1) is 10.7. The van der Waals surface area contributed by atoms with Crippen molar-refractivity contribution >= 4 is 12.0 Å². The van der Waals surface area contributed by atoms with Crippen LogP contribution in [-0.4, -0.2) is 35.6 Å². The third-order valence-corrected chi connectivity index (χ3v) is 4.00. The zero-order valence-corrected chi connectivity index (χ0v) is 14.4. The van der Waals surface area contributed by atoms with Crippen LogP contribution in [0.3, 0.4) is 0 Å². The van der Waals surface area contributed by atoms with Gasteiger partial charge in [-0.1, -0.05) is 11.6 Å². The molecule has 0 radical (unpaired) electrons. The minimum atomic E-state index is -0.471. The molecule has 0 saturated carbocycles. The van der Waals surface area contributed by atoms with Crippen molar-refractivity contribution < 1.29 is 14.3 Å². The number of primary amides is 1. The molecule has 1 saturated heterocycles. The van der Waals surface area contributed by atoms with E-state index in [-0.39, 0.29) is 6.09 Å². The third-order valence-electron chi connectivity index (χ3n) is 4.00. The van der Waals surface area contributed by atoms with Gasteiger partial charge in [0.05, 0.1) is 0 Å². The standard InChI is InChI=1S/C18H26N2O3/c1-12-9-14(11-15(10-12)16(19)21)13-5-7-20(8-6-13)17(22)23-18(2,3)4/h9-11,13H,5-8H2,1-4H3,(H2,19,21). The Morgan fingerprint density at radius 1 is 1.17 bits per heavy atom. The van der Waals surface area contributed by atoms with Crippen LogP contribution in [0, 0.1) is 6.92 Å². The Morgan fingerprint density at radius 2 is 1.78 bits per heavy atom. The van der Waals surface area contributed by atoms with Gasteiger partial charge in [-0.3, -0.25) is 4.79 Å². The molecule has 1 aliphatic rings. The van der Waals surface area contributed by atoms with Gasteiger partial charge in [0.15, 0.2) is 0 Å². The van der Waals surface area contributed by atoms with E-state index in [0.717, 1.165) is 24.0 Å². The van der Waals surface area contributed by atoms with Crippen LogP contribution in [0.5, 0.6) is 0 Å².